The Kier molecular flexibility index (Phi) is 7.97. The van der Waals surface area contributed by atoms with Gasteiger partial charge in [-0.15, -0.1) is 0 Å². The highest BCUT2D eigenvalue weighted by molar-refractivity contribution is 5.79. The Bertz CT molecular complexity index is 1090. The zero-order valence-corrected chi connectivity index (χ0v) is 20.1. The van der Waals surface area contributed by atoms with Gasteiger partial charge in [0.05, 0.1) is 19.8 Å². The number of nitrogens with zero attached hydrogens (tertiary/aromatic N) is 3. The van der Waals surface area contributed by atoms with E-state index in [-0.39, 0.29) is 6.04 Å². The summed E-state index contributed by atoms with van der Waals surface area (Å²) in [6.07, 6.45) is 7.69. The van der Waals surface area contributed by atoms with Crippen LogP contribution in [0.4, 0.5) is 0 Å². The molecule has 2 heterocycles. The van der Waals surface area contributed by atoms with E-state index in [1.165, 1.54) is 5.56 Å². The number of likely N-dealkylation sites (tertiary alicyclic amines) is 1. The van der Waals surface area contributed by atoms with Crippen molar-refractivity contribution < 1.29 is 9.47 Å². The quantitative estimate of drug-likeness (QED) is 0.370. The molecule has 4 rings (SSSR count). The molecular formula is C29H33N3O2. The molecule has 1 saturated heterocycles. The van der Waals surface area contributed by atoms with E-state index in [0.717, 1.165) is 54.3 Å². The highest BCUT2D eigenvalue weighted by Crippen LogP contribution is 2.37. The first-order chi connectivity index (χ1) is 16.7. The van der Waals surface area contributed by atoms with Crippen molar-refractivity contribution in [2.45, 2.75) is 25.8 Å². The van der Waals surface area contributed by atoms with E-state index >= 15 is 0 Å². The lowest BCUT2D eigenvalue weighted by atomic mass is 9.85. The summed E-state index contributed by atoms with van der Waals surface area (Å²) in [4.78, 5) is 11.5. The van der Waals surface area contributed by atoms with Crippen molar-refractivity contribution in [2.75, 3.05) is 26.8 Å². The fraction of sp³-hybridized carbons (Fsp3) is 0.310. The van der Waals surface area contributed by atoms with Crippen LogP contribution in [0.2, 0.25) is 0 Å². The zero-order valence-electron chi connectivity index (χ0n) is 20.1. The van der Waals surface area contributed by atoms with Crippen LogP contribution in [0.15, 0.2) is 84.6 Å². The van der Waals surface area contributed by atoms with Gasteiger partial charge in [0.25, 0.3) is 0 Å². The Balaban J connectivity index is 1.48. The van der Waals surface area contributed by atoms with Crippen molar-refractivity contribution in [3.8, 4) is 11.5 Å². The second-order valence-corrected chi connectivity index (χ2v) is 8.48. The van der Waals surface area contributed by atoms with E-state index in [1.807, 2.05) is 43.5 Å². The molecule has 1 fully saturated rings. The van der Waals surface area contributed by atoms with Crippen LogP contribution in [0.5, 0.6) is 11.5 Å². The van der Waals surface area contributed by atoms with Crippen molar-refractivity contribution in [1.82, 2.24) is 9.88 Å². The van der Waals surface area contributed by atoms with Crippen LogP contribution >= 0.6 is 0 Å². The number of hydrogen-bond acceptors (Lipinski definition) is 5. The number of hydrogen-bond donors (Lipinski definition) is 0. The minimum atomic E-state index is 0.129. The molecule has 34 heavy (non-hydrogen) atoms. The maximum Gasteiger partial charge on any atom is 0.132 e. The molecule has 1 unspecified atom stereocenters. The molecule has 0 amide bonds. The first-order valence-electron chi connectivity index (χ1n) is 11.9. The van der Waals surface area contributed by atoms with Gasteiger partial charge in [0.2, 0.25) is 0 Å². The minimum Gasteiger partial charge on any atom is -0.497 e. The number of benzene rings is 2. The third-order valence-corrected chi connectivity index (χ3v) is 6.40. The van der Waals surface area contributed by atoms with Crippen molar-refractivity contribution in [3.63, 3.8) is 0 Å². The normalized spacial score (nSPS) is 15.3. The van der Waals surface area contributed by atoms with E-state index in [9.17, 15) is 0 Å². The van der Waals surface area contributed by atoms with Gasteiger partial charge >= 0.3 is 0 Å². The van der Waals surface area contributed by atoms with Gasteiger partial charge in [0.1, 0.15) is 11.5 Å². The monoisotopic (exact) mass is 455 g/mol. The van der Waals surface area contributed by atoms with E-state index < -0.39 is 0 Å². The Morgan fingerprint density at radius 1 is 1.12 bits per heavy atom. The molecule has 176 valence electrons. The highest BCUT2D eigenvalue weighted by Gasteiger charge is 2.28. The van der Waals surface area contributed by atoms with Gasteiger partial charge in [-0.1, -0.05) is 36.9 Å². The van der Waals surface area contributed by atoms with Crippen LogP contribution in [0.3, 0.4) is 0 Å². The first-order valence-corrected chi connectivity index (χ1v) is 11.9. The average molecular weight is 456 g/mol. The second-order valence-electron chi connectivity index (χ2n) is 8.48. The van der Waals surface area contributed by atoms with Gasteiger partial charge in [-0.3, -0.25) is 9.98 Å². The van der Waals surface area contributed by atoms with Crippen LogP contribution in [-0.4, -0.2) is 42.9 Å². The molecule has 1 atom stereocenters. The third-order valence-electron chi connectivity index (χ3n) is 6.40. The summed E-state index contributed by atoms with van der Waals surface area (Å²) < 4.78 is 11.3. The fourth-order valence-electron chi connectivity index (χ4n) is 4.54. The Hall–Kier alpha value is -3.60. The Labute approximate surface area is 202 Å². The summed E-state index contributed by atoms with van der Waals surface area (Å²) >= 11 is 0. The molecule has 2 aromatic carbocycles. The van der Waals surface area contributed by atoms with Crippen molar-refractivity contribution >= 4 is 11.9 Å². The summed E-state index contributed by atoms with van der Waals surface area (Å²) in [5.41, 5.74) is 4.36. The number of pyridine rings is 1. The molecule has 0 aliphatic carbocycles. The van der Waals surface area contributed by atoms with Gasteiger partial charge < -0.3 is 14.4 Å². The van der Waals surface area contributed by atoms with E-state index in [2.05, 4.69) is 46.8 Å². The SMILES string of the molecule is C=C(c1ccc(OC)cc1OCC)N1CCC(C(N=Cc2ccncc2)c2ccccc2)CC1. The smallest absolute Gasteiger partial charge is 0.132 e. The zero-order chi connectivity index (χ0) is 23.8. The van der Waals surface area contributed by atoms with Gasteiger partial charge in [0.15, 0.2) is 0 Å². The summed E-state index contributed by atoms with van der Waals surface area (Å²) in [5, 5.41) is 0. The summed E-state index contributed by atoms with van der Waals surface area (Å²) in [5.74, 6) is 2.07. The maximum atomic E-state index is 5.89. The second kappa shape index (κ2) is 11.5. The number of ether oxygens (including phenoxy) is 2. The molecule has 0 saturated carbocycles. The van der Waals surface area contributed by atoms with Gasteiger partial charge in [-0.2, -0.15) is 0 Å². The lowest BCUT2D eigenvalue weighted by Gasteiger charge is -2.37. The molecule has 0 spiro atoms. The van der Waals surface area contributed by atoms with E-state index in [0.29, 0.717) is 12.5 Å². The summed E-state index contributed by atoms with van der Waals surface area (Å²) in [6.45, 7) is 8.89. The van der Waals surface area contributed by atoms with E-state index in [4.69, 9.17) is 14.5 Å². The highest BCUT2D eigenvalue weighted by atomic mass is 16.5. The predicted octanol–water partition coefficient (Wildman–Crippen LogP) is 6.03. The van der Waals surface area contributed by atoms with Crippen LogP contribution in [0, 0.1) is 5.92 Å². The average Bonchev–Trinajstić information content (AvgIpc) is 2.90. The Morgan fingerprint density at radius 3 is 2.53 bits per heavy atom. The number of rotatable bonds is 9. The molecule has 0 radical (unpaired) electrons. The van der Waals surface area contributed by atoms with Crippen LogP contribution in [0.25, 0.3) is 5.70 Å². The molecule has 1 aliphatic rings. The van der Waals surface area contributed by atoms with Crippen molar-refractivity contribution in [2.24, 2.45) is 10.9 Å². The number of methoxy groups -OCH3 is 1. The standard InChI is InChI=1S/C29H33N3O2/c1-4-34-28-20-26(33-3)10-11-27(28)22(2)32-18-14-25(15-19-32)29(24-8-6-5-7-9-24)31-21-23-12-16-30-17-13-23/h5-13,16-17,20-21,25,29H,2,4,14-15,18-19H2,1,3H3. The predicted molar refractivity (Wildman–Crippen MR) is 139 cm³/mol. The maximum absolute atomic E-state index is 5.89. The van der Waals surface area contributed by atoms with Gasteiger partial charge in [-0.05, 0) is 61.1 Å². The molecule has 1 aliphatic heterocycles. The number of piperidine rings is 1. The molecule has 5 heteroatoms. The molecule has 3 aromatic rings. The van der Waals surface area contributed by atoms with E-state index in [1.54, 1.807) is 19.5 Å². The lowest BCUT2D eigenvalue weighted by Crippen LogP contribution is -2.34. The third kappa shape index (κ3) is 5.66. The molecule has 1 aromatic heterocycles. The van der Waals surface area contributed by atoms with Gasteiger partial charge in [-0.25, -0.2) is 0 Å². The van der Waals surface area contributed by atoms with Crippen LogP contribution < -0.4 is 9.47 Å². The summed E-state index contributed by atoms with van der Waals surface area (Å²) in [6, 6.07) is 20.7. The van der Waals surface area contributed by atoms with Crippen LogP contribution in [-0.2, 0) is 0 Å². The van der Waals surface area contributed by atoms with Crippen LogP contribution in [0.1, 0.15) is 42.5 Å². The van der Waals surface area contributed by atoms with Gasteiger partial charge in [0, 0.05) is 49.0 Å². The first kappa shape index (κ1) is 23.6. The number of aromatic nitrogens is 1. The minimum absolute atomic E-state index is 0.129. The largest absolute Gasteiger partial charge is 0.497 e. The Morgan fingerprint density at radius 2 is 1.85 bits per heavy atom. The van der Waals surface area contributed by atoms with Crippen molar-refractivity contribution in [1.29, 1.82) is 0 Å². The molecule has 0 bridgehead atoms. The fourth-order valence-corrected chi connectivity index (χ4v) is 4.54. The molecule has 0 N–H and O–H groups in total. The van der Waals surface area contributed by atoms with Crippen molar-refractivity contribution in [3.05, 3.63) is 96.3 Å². The summed E-state index contributed by atoms with van der Waals surface area (Å²) in [7, 11) is 1.67. The lowest BCUT2D eigenvalue weighted by molar-refractivity contribution is 0.229. The molecular weight excluding hydrogens is 422 g/mol. The molecule has 5 nitrogen and oxygen atoms in total. The topological polar surface area (TPSA) is 47.0 Å². The number of aliphatic imine (C=N–C) groups is 1.